The molecular formula is C13H22. The average Bonchev–Trinajstić information content (AvgIpc) is 2.13. The Morgan fingerprint density at radius 3 is 2.54 bits per heavy atom. The lowest BCUT2D eigenvalue weighted by molar-refractivity contribution is 0.393. The van der Waals surface area contributed by atoms with Crippen LogP contribution in [0.3, 0.4) is 0 Å². The quantitative estimate of drug-likeness (QED) is 0.312. The van der Waals surface area contributed by atoms with Gasteiger partial charge in [-0.05, 0) is 19.8 Å². The molecule has 0 saturated carbocycles. The summed E-state index contributed by atoms with van der Waals surface area (Å²) < 4.78 is 0. The molecule has 0 heteroatoms. The van der Waals surface area contributed by atoms with Crippen LogP contribution in [-0.2, 0) is 0 Å². The van der Waals surface area contributed by atoms with Gasteiger partial charge in [0.15, 0.2) is 0 Å². The second kappa shape index (κ2) is 6.78. The van der Waals surface area contributed by atoms with Gasteiger partial charge in [-0.25, -0.2) is 0 Å². The molecular weight excluding hydrogens is 156 g/mol. The first-order valence-electron chi connectivity index (χ1n) is 5.27. The summed E-state index contributed by atoms with van der Waals surface area (Å²) in [6.07, 6.45) is 14.7. The monoisotopic (exact) mass is 178 g/mol. The summed E-state index contributed by atoms with van der Waals surface area (Å²) >= 11 is 0. The summed E-state index contributed by atoms with van der Waals surface area (Å²) in [6, 6.07) is 0. The van der Waals surface area contributed by atoms with Crippen LogP contribution >= 0.6 is 0 Å². The van der Waals surface area contributed by atoms with Crippen molar-refractivity contribution >= 4 is 0 Å². The molecule has 0 aromatic rings. The number of allylic oxidation sites excluding steroid dienone is 1. The fourth-order valence-corrected chi connectivity index (χ4v) is 1.49. The standard InChI is InChI=1S/C13H22/c1-5-8-9-10-12-13(4,7-3)11-6-2/h3,6H,2,5,8-12H2,1,4H3. The molecule has 1 atom stereocenters. The zero-order valence-corrected chi connectivity index (χ0v) is 9.10. The Morgan fingerprint density at radius 1 is 1.38 bits per heavy atom. The Bertz CT molecular complexity index is 173. The van der Waals surface area contributed by atoms with E-state index in [0.29, 0.717) is 0 Å². The van der Waals surface area contributed by atoms with Gasteiger partial charge in [-0.1, -0.05) is 44.6 Å². The molecule has 0 N–H and O–H groups in total. The lowest BCUT2D eigenvalue weighted by atomic mass is 9.82. The molecule has 1 unspecified atom stereocenters. The maximum atomic E-state index is 5.51. The topological polar surface area (TPSA) is 0 Å². The van der Waals surface area contributed by atoms with Crippen LogP contribution in [0.15, 0.2) is 12.7 Å². The first kappa shape index (κ1) is 12.3. The zero-order valence-electron chi connectivity index (χ0n) is 9.10. The van der Waals surface area contributed by atoms with E-state index < -0.39 is 0 Å². The van der Waals surface area contributed by atoms with Gasteiger partial charge in [-0.15, -0.1) is 13.0 Å². The molecule has 0 heterocycles. The molecule has 0 rings (SSSR count). The van der Waals surface area contributed by atoms with Crippen LogP contribution in [0.25, 0.3) is 0 Å². The zero-order chi connectivity index (χ0) is 10.2. The first-order chi connectivity index (χ1) is 6.18. The fourth-order valence-electron chi connectivity index (χ4n) is 1.49. The minimum atomic E-state index is 0.0511. The molecule has 0 aliphatic rings. The van der Waals surface area contributed by atoms with Crippen LogP contribution in [0.4, 0.5) is 0 Å². The third-order valence-corrected chi connectivity index (χ3v) is 2.53. The van der Waals surface area contributed by atoms with Crippen LogP contribution in [0.1, 0.15) is 52.4 Å². The van der Waals surface area contributed by atoms with Crippen LogP contribution in [0.2, 0.25) is 0 Å². The van der Waals surface area contributed by atoms with Crippen molar-refractivity contribution in [3.63, 3.8) is 0 Å². The fraction of sp³-hybridized carbons (Fsp3) is 0.692. The maximum Gasteiger partial charge on any atom is 0.0318 e. The minimum absolute atomic E-state index is 0.0511. The smallest absolute Gasteiger partial charge is 0.0318 e. The SMILES string of the molecule is C#CC(C)(CC=C)CCCCCC. The summed E-state index contributed by atoms with van der Waals surface area (Å²) in [4.78, 5) is 0. The molecule has 0 aromatic heterocycles. The number of hydrogen-bond acceptors (Lipinski definition) is 0. The minimum Gasteiger partial charge on any atom is -0.120 e. The van der Waals surface area contributed by atoms with Crippen molar-refractivity contribution < 1.29 is 0 Å². The number of terminal acetylenes is 1. The highest BCUT2D eigenvalue weighted by Crippen LogP contribution is 2.27. The van der Waals surface area contributed by atoms with Crippen molar-refractivity contribution in [2.24, 2.45) is 5.41 Å². The van der Waals surface area contributed by atoms with Crippen molar-refractivity contribution in [2.75, 3.05) is 0 Å². The average molecular weight is 178 g/mol. The van der Waals surface area contributed by atoms with Gasteiger partial charge >= 0.3 is 0 Å². The third kappa shape index (κ3) is 5.53. The lowest BCUT2D eigenvalue weighted by Crippen LogP contribution is -2.12. The van der Waals surface area contributed by atoms with Gasteiger partial charge in [0.1, 0.15) is 0 Å². The van der Waals surface area contributed by atoms with Crippen LogP contribution < -0.4 is 0 Å². The van der Waals surface area contributed by atoms with E-state index in [-0.39, 0.29) is 5.41 Å². The first-order valence-corrected chi connectivity index (χ1v) is 5.27. The van der Waals surface area contributed by atoms with Crippen LogP contribution in [0.5, 0.6) is 0 Å². The van der Waals surface area contributed by atoms with Crippen molar-refractivity contribution in [2.45, 2.75) is 52.4 Å². The van der Waals surface area contributed by atoms with Gasteiger partial charge in [0, 0.05) is 5.41 Å². The van der Waals surface area contributed by atoms with E-state index in [2.05, 4.69) is 26.3 Å². The Kier molecular flexibility index (Phi) is 6.41. The lowest BCUT2D eigenvalue weighted by Gasteiger charge is -2.21. The van der Waals surface area contributed by atoms with Gasteiger partial charge in [0.25, 0.3) is 0 Å². The molecule has 0 radical (unpaired) electrons. The molecule has 0 aliphatic carbocycles. The van der Waals surface area contributed by atoms with Crippen molar-refractivity contribution in [3.8, 4) is 12.3 Å². The van der Waals surface area contributed by atoms with E-state index in [0.717, 1.165) is 12.8 Å². The summed E-state index contributed by atoms with van der Waals surface area (Å²) in [5.41, 5.74) is 0.0511. The largest absolute Gasteiger partial charge is 0.120 e. The van der Waals surface area contributed by atoms with Crippen molar-refractivity contribution in [3.05, 3.63) is 12.7 Å². The molecule has 0 aliphatic heterocycles. The van der Waals surface area contributed by atoms with Crippen molar-refractivity contribution in [1.29, 1.82) is 0 Å². The Labute approximate surface area is 83.4 Å². The summed E-state index contributed by atoms with van der Waals surface area (Å²) in [5.74, 6) is 2.89. The molecule has 74 valence electrons. The predicted molar refractivity (Wildman–Crippen MR) is 60.5 cm³/mol. The van der Waals surface area contributed by atoms with Crippen LogP contribution in [0, 0.1) is 17.8 Å². The van der Waals surface area contributed by atoms with Crippen LogP contribution in [-0.4, -0.2) is 0 Å². The van der Waals surface area contributed by atoms with E-state index in [1.165, 1.54) is 25.7 Å². The highest BCUT2D eigenvalue weighted by atomic mass is 14.2. The molecule has 0 amide bonds. The van der Waals surface area contributed by atoms with Gasteiger partial charge < -0.3 is 0 Å². The van der Waals surface area contributed by atoms with E-state index in [1.807, 2.05) is 6.08 Å². The number of unbranched alkanes of at least 4 members (excludes halogenated alkanes) is 3. The third-order valence-electron chi connectivity index (χ3n) is 2.53. The Morgan fingerprint density at radius 2 is 2.08 bits per heavy atom. The number of rotatable bonds is 7. The molecule has 0 saturated heterocycles. The Balaban J connectivity index is 3.71. The normalized spacial score (nSPS) is 14.5. The van der Waals surface area contributed by atoms with E-state index in [1.54, 1.807) is 0 Å². The highest BCUT2D eigenvalue weighted by Gasteiger charge is 2.18. The molecule has 13 heavy (non-hydrogen) atoms. The summed E-state index contributed by atoms with van der Waals surface area (Å²) in [6.45, 7) is 8.12. The Hall–Kier alpha value is -0.700. The van der Waals surface area contributed by atoms with E-state index in [4.69, 9.17) is 6.42 Å². The second-order valence-electron chi connectivity index (χ2n) is 4.01. The van der Waals surface area contributed by atoms with E-state index in [9.17, 15) is 0 Å². The molecule has 0 nitrogen and oxygen atoms in total. The molecule has 0 aromatic carbocycles. The molecule has 0 fully saturated rings. The van der Waals surface area contributed by atoms with Gasteiger partial charge in [0.05, 0.1) is 0 Å². The van der Waals surface area contributed by atoms with Crippen molar-refractivity contribution in [1.82, 2.24) is 0 Å². The molecule has 0 spiro atoms. The van der Waals surface area contributed by atoms with Gasteiger partial charge in [-0.2, -0.15) is 0 Å². The molecule has 0 bridgehead atoms. The van der Waals surface area contributed by atoms with E-state index >= 15 is 0 Å². The van der Waals surface area contributed by atoms with Gasteiger partial charge in [0.2, 0.25) is 0 Å². The highest BCUT2D eigenvalue weighted by molar-refractivity contribution is 5.05. The number of hydrogen-bond donors (Lipinski definition) is 0. The summed E-state index contributed by atoms with van der Waals surface area (Å²) in [7, 11) is 0. The summed E-state index contributed by atoms with van der Waals surface area (Å²) in [5, 5.41) is 0. The second-order valence-corrected chi connectivity index (χ2v) is 4.01. The predicted octanol–water partition coefficient (Wildman–Crippen LogP) is 4.17. The van der Waals surface area contributed by atoms with Gasteiger partial charge in [-0.3, -0.25) is 0 Å². The maximum absolute atomic E-state index is 5.51.